The van der Waals surface area contributed by atoms with Crippen molar-refractivity contribution in [2.24, 2.45) is 17.8 Å². The molecule has 0 bridgehead atoms. The van der Waals surface area contributed by atoms with Crippen LogP contribution in [0, 0.1) is 17.8 Å². The van der Waals surface area contributed by atoms with Crippen molar-refractivity contribution >= 4 is 0 Å². The SMILES string of the molecule is C=C(CCC1CC(O)C(C)C(CC(=C)C(CC)CC)O1)C(CC)CC. The normalized spacial score (nSPS) is 27.0. The van der Waals surface area contributed by atoms with E-state index in [1.807, 2.05) is 0 Å². The molecular weight excluding hydrogens is 308 g/mol. The first kappa shape index (κ1) is 22.4. The minimum absolute atomic E-state index is 0.100. The van der Waals surface area contributed by atoms with E-state index in [0.29, 0.717) is 11.8 Å². The van der Waals surface area contributed by atoms with Gasteiger partial charge in [0.2, 0.25) is 0 Å². The number of hydrogen-bond donors (Lipinski definition) is 1. The molecule has 1 aliphatic heterocycles. The summed E-state index contributed by atoms with van der Waals surface area (Å²) in [7, 11) is 0. The van der Waals surface area contributed by atoms with Gasteiger partial charge in [0.25, 0.3) is 0 Å². The van der Waals surface area contributed by atoms with E-state index in [1.54, 1.807) is 0 Å². The van der Waals surface area contributed by atoms with Crippen LogP contribution in [0.3, 0.4) is 0 Å². The second-order valence-corrected chi connectivity index (χ2v) is 8.04. The molecule has 2 nitrogen and oxygen atoms in total. The predicted octanol–water partition coefficient (Wildman–Crippen LogP) is 6.30. The Bertz CT molecular complexity index is 406. The van der Waals surface area contributed by atoms with Crippen LogP contribution in [0.15, 0.2) is 24.3 Å². The van der Waals surface area contributed by atoms with Crippen molar-refractivity contribution in [1.82, 2.24) is 0 Å². The Hall–Kier alpha value is -0.600. The molecule has 0 radical (unpaired) electrons. The van der Waals surface area contributed by atoms with Crippen LogP contribution in [0.1, 0.15) is 86.0 Å². The highest BCUT2D eigenvalue weighted by Crippen LogP contribution is 2.34. The highest BCUT2D eigenvalue weighted by molar-refractivity contribution is 5.04. The molecule has 1 rings (SSSR count). The zero-order chi connectivity index (χ0) is 19.0. The molecule has 0 aromatic rings. The first-order chi connectivity index (χ1) is 11.9. The number of allylic oxidation sites excluding steroid dienone is 1. The van der Waals surface area contributed by atoms with Crippen LogP contribution in [0.4, 0.5) is 0 Å². The summed E-state index contributed by atoms with van der Waals surface area (Å²) in [6.45, 7) is 19.7. The fourth-order valence-corrected chi connectivity index (χ4v) is 4.29. The fraction of sp³-hybridized carbons (Fsp3) is 0.826. The van der Waals surface area contributed by atoms with Gasteiger partial charge in [-0.15, -0.1) is 0 Å². The van der Waals surface area contributed by atoms with E-state index >= 15 is 0 Å². The molecule has 1 aliphatic rings. The molecule has 0 saturated carbocycles. The minimum atomic E-state index is -0.264. The van der Waals surface area contributed by atoms with Crippen LogP contribution < -0.4 is 0 Å². The van der Waals surface area contributed by atoms with Crippen molar-refractivity contribution in [1.29, 1.82) is 0 Å². The molecule has 0 aromatic carbocycles. The average molecular weight is 351 g/mol. The van der Waals surface area contributed by atoms with Gasteiger partial charge in [0.1, 0.15) is 0 Å². The third-order valence-electron chi connectivity index (χ3n) is 6.44. The van der Waals surface area contributed by atoms with Crippen molar-refractivity contribution in [3.05, 3.63) is 24.3 Å². The van der Waals surface area contributed by atoms with E-state index in [-0.39, 0.29) is 24.2 Å². The maximum atomic E-state index is 10.5. The third kappa shape index (κ3) is 6.57. The Kier molecular flexibility index (Phi) is 10.0. The molecule has 2 heteroatoms. The van der Waals surface area contributed by atoms with E-state index in [9.17, 15) is 5.11 Å². The second kappa shape index (κ2) is 11.2. The van der Waals surface area contributed by atoms with Crippen LogP contribution >= 0.6 is 0 Å². The van der Waals surface area contributed by atoms with Crippen LogP contribution in [-0.4, -0.2) is 23.4 Å². The van der Waals surface area contributed by atoms with Crippen molar-refractivity contribution in [2.45, 2.75) is 104 Å². The van der Waals surface area contributed by atoms with Gasteiger partial charge in [-0.25, -0.2) is 0 Å². The molecule has 4 unspecified atom stereocenters. The van der Waals surface area contributed by atoms with Gasteiger partial charge in [-0.2, -0.15) is 0 Å². The molecule has 146 valence electrons. The summed E-state index contributed by atoms with van der Waals surface area (Å²) in [5.41, 5.74) is 2.64. The lowest BCUT2D eigenvalue weighted by molar-refractivity contribution is -0.132. The van der Waals surface area contributed by atoms with E-state index in [0.717, 1.165) is 38.5 Å². The van der Waals surface area contributed by atoms with Gasteiger partial charge >= 0.3 is 0 Å². The number of rotatable bonds is 11. The van der Waals surface area contributed by atoms with Gasteiger partial charge in [0.05, 0.1) is 18.3 Å². The standard InChI is InChI=1S/C23H42O2/c1-8-19(9-2)16(5)12-13-21-15-22(24)18(7)23(25-21)14-17(6)20(10-3)11-4/h18-24H,5-6,8-15H2,1-4,7H3. The molecule has 0 aliphatic carbocycles. The molecule has 4 atom stereocenters. The maximum Gasteiger partial charge on any atom is 0.0666 e. The van der Waals surface area contributed by atoms with Gasteiger partial charge in [-0.1, -0.05) is 58.9 Å². The molecule has 1 N–H and O–H groups in total. The Morgan fingerprint density at radius 1 is 1.00 bits per heavy atom. The molecule has 1 heterocycles. The topological polar surface area (TPSA) is 29.5 Å². The maximum absolute atomic E-state index is 10.5. The molecule has 0 aromatic heterocycles. The van der Waals surface area contributed by atoms with Crippen molar-refractivity contribution in [3.8, 4) is 0 Å². The fourth-order valence-electron chi connectivity index (χ4n) is 4.29. The first-order valence-corrected chi connectivity index (χ1v) is 10.6. The minimum Gasteiger partial charge on any atom is -0.393 e. The molecule has 1 saturated heterocycles. The molecule has 1 fully saturated rings. The zero-order valence-corrected chi connectivity index (χ0v) is 17.4. The van der Waals surface area contributed by atoms with Gasteiger partial charge < -0.3 is 9.84 Å². The lowest BCUT2D eigenvalue weighted by Gasteiger charge is -2.39. The monoisotopic (exact) mass is 350 g/mol. The summed E-state index contributed by atoms with van der Waals surface area (Å²) in [6.07, 6.45) is 8.22. The summed E-state index contributed by atoms with van der Waals surface area (Å²) in [5, 5.41) is 10.5. The van der Waals surface area contributed by atoms with Gasteiger partial charge in [-0.3, -0.25) is 0 Å². The summed E-state index contributed by atoms with van der Waals surface area (Å²) in [6, 6.07) is 0. The van der Waals surface area contributed by atoms with Gasteiger partial charge in [0, 0.05) is 5.92 Å². The summed E-state index contributed by atoms with van der Waals surface area (Å²) >= 11 is 0. The summed E-state index contributed by atoms with van der Waals surface area (Å²) in [5.74, 6) is 1.38. The second-order valence-electron chi connectivity index (χ2n) is 8.04. The largest absolute Gasteiger partial charge is 0.393 e. The molecular formula is C23H42O2. The predicted molar refractivity (Wildman–Crippen MR) is 109 cm³/mol. The Labute approximate surface area is 156 Å². The van der Waals surface area contributed by atoms with E-state index in [4.69, 9.17) is 4.74 Å². The average Bonchev–Trinajstić information content (AvgIpc) is 2.59. The highest BCUT2D eigenvalue weighted by atomic mass is 16.5. The van der Waals surface area contributed by atoms with Crippen molar-refractivity contribution in [3.63, 3.8) is 0 Å². The molecule has 0 amide bonds. The Morgan fingerprint density at radius 2 is 1.52 bits per heavy atom. The molecule has 0 spiro atoms. The number of hydrogen-bond acceptors (Lipinski definition) is 2. The Morgan fingerprint density at radius 3 is 2.04 bits per heavy atom. The first-order valence-electron chi connectivity index (χ1n) is 10.6. The van der Waals surface area contributed by atoms with Crippen LogP contribution in [0.2, 0.25) is 0 Å². The molecule has 25 heavy (non-hydrogen) atoms. The van der Waals surface area contributed by atoms with E-state index < -0.39 is 0 Å². The quantitative estimate of drug-likeness (QED) is 0.443. The Balaban J connectivity index is 2.61. The van der Waals surface area contributed by atoms with E-state index in [1.165, 1.54) is 24.0 Å². The van der Waals surface area contributed by atoms with Gasteiger partial charge in [0.15, 0.2) is 0 Å². The summed E-state index contributed by atoms with van der Waals surface area (Å²) in [4.78, 5) is 0. The van der Waals surface area contributed by atoms with Gasteiger partial charge in [-0.05, 0) is 63.2 Å². The highest BCUT2D eigenvalue weighted by Gasteiger charge is 2.35. The third-order valence-corrected chi connectivity index (χ3v) is 6.44. The number of ether oxygens (including phenoxy) is 1. The zero-order valence-electron chi connectivity index (χ0n) is 17.4. The smallest absolute Gasteiger partial charge is 0.0666 e. The van der Waals surface area contributed by atoms with Crippen LogP contribution in [-0.2, 0) is 4.74 Å². The van der Waals surface area contributed by atoms with Crippen LogP contribution in [0.5, 0.6) is 0 Å². The summed E-state index contributed by atoms with van der Waals surface area (Å²) < 4.78 is 6.41. The van der Waals surface area contributed by atoms with Crippen molar-refractivity contribution in [2.75, 3.05) is 0 Å². The lowest BCUT2D eigenvalue weighted by Crippen LogP contribution is -2.43. The number of aliphatic hydroxyl groups is 1. The van der Waals surface area contributed by atoms with E-state index in [2.05, 4.69) is 47.8 Å². The lowest BCUT2D eigenvalue weighted by atomic mass is 9.82. The van der Waals surface area contributed by atoms with Crippen LogP contribution in [0.25, 0.3) is 0 Å². The number of aliphatic hydroxyl groups excluding tert-OH is 1. The van der Waals surface area contributed by atoms with Crippen molar-refractivity contribution < 1.29 is 9.84 Å².